The van der Waals surface area contributed by atoms with Gasteiger partial charge >= 0.3 is 10.2 Å². The number of hydrogen-bond donors (Lipinski definition) is 2. The van der Waals surface area contributed by atoms with Crippen LogP contribution in [0.25, 0.3) is 0 Å². The van der Waals surface area contributed by atoms with E-state index in [0.29, 0.717) is 6.42 Å². The lowest BCUT2D eigenvalue weighted by Crippen LogP contribution is -2.54. The highest BCUT2D eigenvalue weighted by Crippen LogP contribution is 2.20. The molecule has 1 unspecified atom stereocenters. The summed E-state index contributed by atoms with van der Waals surface area (Å²) in [5.74, 6) is -1.67. The number of benzene rings is 2. The molecule has 0 bridgehead atoms. The van der Waals surface area contributed by atoms with Gasteiger partial charge in [0.15, 0.2) is 0 Å². The third-order valence-corrected chi connectivity index (χ3v) is 6.80. The Hall–Kier alpha value is -2.42. The number of carbonyl (C=O) groups is 2. The van der Waals surface area contributed by atoms with Gasteiger partial charge in [-0.05, 0) is 35.6 Å². The van der Waals surface area contributed by atoms with Crippen molar-refractivity contribution in [3.05, 3.63) is 70.2 Å². The molecule has 3 rings (SSSR count). The summed E-state index contributed by atoms with van der Waals surface area (Å²) < 4.78 is 29.0. The number of hydrogen-bond acceptors (Lipinski definition) is 4. The van der Waals surface area contributed by atoms with Crippen molar-refractivity contribution in [2.75, 3.05) is 6.54 Å². The Bertz CT molecular complexity index is 1060. The number of halogens is 1. The first-order chi connectivity index (χ1) is 14.2. The summed E-state index contributed by atoms with van der Waals surface area (Å²) >= 11 is 6.05. The van der Waals surface area contributed by atoms with Crippen LogP contribution >= 0.6 is 11.6 Å². The average molecular weight is 450 g/mol. The van der Waals surface area contributed by atoms with Crippen LogP contribution in [0.15, 0.2) is 48.5 Å². The normalized spacial score (nSPS) is 15.3. The van der Waals surface area contributed by atoms with E-state index in [1.54, 1.807) is 32.0 Å². The molecule has 2 amide bonds. The molecule has 160 valence electrons. The molecule has 7 nitrogen and oxygen atoms in total. The minimum atomic E-state index is -4.06. The Morgan fingerprint density at radius 2 is 1.67 bits per heavy atom. The summed E-state index contributed by atoms with van der Waals surface area (Å²) in [6.07, 6.45) is 0.572. The maximum absolute atomic E-state index is 12.8. The molecule has 0 spiro atoms. The Kier molecular flexibility index (Phi) is 6.80. The zero-order valence-corrected chi connectivity index (χ0v) is 18.3. The third-order valence-electron chi connectivity index (χ3n) is 5.02. The molecule has 0 fully saturated rings. The van der Waals surface area contributed by atoms with E-state index in [-0.39, 0.29) is 29.6 Å². The summed E-state index contributed by atoms with van der Waals surface area (Å²) in [7, 11) is -4.06. The monoisotopic (exact) mass is 449 g/mol. The number of nitrogens with one attached hydrogen (secondary N) is 2. The van der Waals surface area contributed by atoms with Crippen LogP contribution in [0.1, 0.15) is 35.3 Å². The van der Waals surface area contributed by atoms with Gasteiger partial charge in [-0.2, -0.15) is 12.7 Å². The number of nitrogens with zero attached hydrogens (tertiary/aromatic N) is 1. The predicted octanol–water partition coefficient (Wildman–Crippen LogP) is 2.51. The fraction of sp³-hybridized carbons (Fsp3) is 0.333. The van der Waals surface area contributed by atoms with Crippen molar-refractivity contribution in [2.45, 2.75) is 32.9 Å². The fourth-order valence-electron chi connectivity index (χ4n) is 3.33. The molecule has 0 saturated heterocycles. The van der Waals surface area contributed by atoms with Crippen molar-refractivity contribution < 1.29 is 18.0 Å². The van der Waals surface area contributed by atoms with E-state index in [9.17, 15) is 18.0 Å². The molecule has 0 aromatic heterocycles. The number of fused-ring (bicyclic) bond motifs is 1. The topological polar surface area (TPSA) is 95.6 Å². The predicted molar refractivity (Wildman–Crippen MR) is 115 cm³/mol. The molecule has 1 atom stereocenters. The van der Waals surface area contributed by atoms with Crippen LogP contribution in [0.5, 0.6) is 0 Å². The molecule has 2 aromatic carbocycles. The lowest BCUT2D eigenvalue weighted by molar-refractivity contribution is -0.122. The lowest BCUT2D eigenvalue weighted by Gasteiger charge is -2.29. The van der Waals surface area contributed by atoms with Crippen LogP contribution in [0.3, 0.4) is 0 Å². The fourth-order valence-corrected chi connectivity index (χ4v) is 4.70. The number of rotatable bonds is 6. The van der Waals surface area contributed by atoms with Crippen molar-refractivity contribution in [3.8, 4) is 0 Å². The second kappa shape index (κ2) is 9.16. The van der Waals surface area contributed by atoms with E-state index in [1.165, 1.54) is 10.4 Å². The van der Waals surface area contributed by atoms with Crippen LogP contribution in [-0.2, 0) is 28.0 Å². The van der Waals surface area contributed by atoms with Gasteiger partial charge in [-0.3, -0.25) is 9.59 Å². The first-order valence-corrected chi connectivity index (χ1v) is 11.4. The van der Waals surface area contributed by atoms with Gasteiger partial charge in [-0.1, -0.05) is 61.8 Å². The van der Waals surface area contributed by atoms with Crippen LogP contribution in [0.2, 0.25) is 5.02 Å². The maximum atomic E-state index is 12.8. The van der Waals surface area contributed by atoms with E-state index < -0.39 is 28.1 Å². The molecule has 1 heterocycles. The highest BCUT2D eigenvalue weighted by atomic mass is 35.5. The molecule has 2 N–H and O–H groups in total. The Morgan fingerprint density at radius 1 is 1.03 bits per heavy atom. The first kappa shape index (κ1) is 22.3. The van der Waals surface area contributed by atoms with Gasteiger partial charge in [0.1, 0.15) is 6.04 Å². The maximum Gasteiger partial charge on any atom is 0.304 e. The van der Waals surface area contributed by atoms with Gasteiger partial charge < -0.3 is 5.32 Å². The van der Waals surface area contributed by atoms with Gasteiger partial charge in [-0.25, -0.2) is 4.72 Å². The Balaban J connectivity index is 1.72. The van der Waals surface area contributed by atoms with Crippen molar-refractivity contribution in [3.63, 3.8) is 0 Å². The zero-order chi connectivity index (χ0) is 21.9. The van der Waals surface area contributed by atoms with E-state index in [2.05, 4.69) is 10.0 Å². The lowest BCUT2D eigenvalue weighted by atomic mass is 10.0. The standard InChI is InChI=1S/C21H24ClN3O4S/c1-14(2)19(23-20(26)17-9-5-6-10-18(17)22)21(27)24-30(28,29)25-12-11-15-7-3-4-8-16(15)13-25/h3-10,14,19H,11-13H2,1-2H3,(H,23,26)(H,24,27). The average Bonchev–Trinajstić information content (AvgIpc) is 2.71. The molecule has 1 aliphatic heterocycles. The van der Waals surface area contributed by atoms with E-state index >= 15 is 0 Å². The molecule has 0 radical (unpaired) electrons. The summed E-state index contributed by atoms with van der Waals surface area (Å²) in [5, 5.41) is 2.84. The molecule has 9 heteroatoms. The Labute approximate surface area is 181 Å². The second-order valence-corrected chi connectivity index (χ2v) is 9.58. The van der Waals surface area contributed by atoms with E-state index in [0.717, 1.165) is 11.1 Å². The van der Waals surface area contributed by atoms with Crippen molar-refractivity contribution in [1.29, 1.82) is 0 Å². The second-order valence-electron chi connectivity index (χ2n) is 7.50. The van der Waals surface area contributed by atoms with Gasteiger partial charge in [0.25, 0.3) is 11.8 Å². The van der Waals surface area contributed by atoms with Crippen molar-refractivity contribution >= 4 is 33.6 Å². The summed E-state index contributed by atoms with van der Waals surface area (Å²) in [5.41, 5.74) is 2.23. The number of carbonyl (C=O) groups excluding carboxylic acids is 2. The molecular formula is C21H24ClN3O4S. The van der Waals surface area contributed by atoms with Gasteiger partial charge in [0, 0.05) is 13.1 Å². The van der Waals surface area contributed by atoms with E-state index in [4.69, 9.17) is 11.6 Å². The third kappa shape index (κ3) is 5.00. The molecule has 0 saturated carbocycles. The van der Waals surface area contributed by atoms with Gasteiger partial charge in [0.2, 0.25) is 0 Å². The van der Waals surface area contributed by atoms with E-state index in [1.807, 2.05) is 24.3 Å². The highest BCUT2D eigenvalue weighted by molar-refractivity contribution is 7.87. The molecule has 1 aliphatic rings. The summed E-state index contributed by atoms with van der Waals surface area (Å²) in [6.45, 7) is 3.91. The largest absolute Gasteiger partial charge is 0.340 e. The van der Waals surface area contributed by atoms with Crippen LogP contribution in [-0.4, -0.2) is 37.1 Å². The minimum Gasteiger partial charge on any atom is -0.340 e. The van der Waals surface area contributed by atoms with Gasteiger partial charge in [0.05, 0.1) is 10.6 Å². The zero-order valence-electron chi connectivity index (χ0n) is 16.8. The molecule has 0 aliphatic carbocycles. The summed E-state index contributed by atoms with van der Waals surface area (Å²) in [6, 6.07) is 13.0. The molecule has 30 heavy (non-hydrogen) atoms. The first-order valence-electron chi connectivity index (χ1n) is 9.63. The Morgan fingerprint density at radius 3 is 2.33 bits per heavy atom. The quantitative estimate of drug-likeness (QED) is 0.708. The van der Waals surface area contributed by atoms with Crippen molar-refractivity contribution in [1.82, 2.24) is 14.3 Å². The smallest absolute Gasteiger partial charge is 0.304 e. The van der Waals surface area contributed by atoms with Gasteiger partial charge in [-0.15, -0.1) is 0 Å². The SMILES string of the molecule is CC(C)C(NC(=O)c1ccccc1Cl)C(=O)NS(=O)(=O)N1CCc2ccccc2C1. The molecular weight excluding hydrogens is 426 g/mol. The minimum absolute atomic E-state index is 0.192. The highest BCUT2D eigenvalue weighted by Gasteiger charge is 2.32. The summed E-state index contributed by atoms with van der Waals surface area (Å²) in [4.78, 5) is 25.3. The van der Waals surface area contributed by atoms with Crippen LogP contribution in [0.4, 0.5) is 0 Å². The van der Waals surface area contributed by atoms with Crippen LogP contribution in [0, 0.1) is 5.92 Å². The number of amides is 2. The molecule has 2 aromatic rings. The van der Waals surface area contributed by atoms with Crippen molar-refractivity contribution in [2.24, 2.45) is 5.92 Å². The van der Waals surface area contributed by atoms with Crippen LogP contribution < -0.4 is 10.0 Å².